The van der Waals surface area contributed by atoms with Crippen molar-refractivity contribution in [2.75, 3.05) is 18.1 Å². The first-order chi connectivity index (χ1) is 8.43. The summed E-state index contributed by atoms with van der Waals surface area (Å²) >= 11 is 0. The monoisotopic (exact) mass is 275 g/mol. The van der Waals surface area contributed by atoms with Gasteiger partial charge in [-0.3, -0.25) is 4.99 Å². The van der Waals surface area contributed by atoms with Gasteiger partial charge in [0.2, 0.25) is 0 Å². The van der Waals surface area contributed by atoms with Crippen LogP contribution in [0.3, 0.4) is 0 Å². The van der Waals surface area contributed by atoms with Crippen molar-refractivity contribution in [1.82, 2.24) is 5.32 Å². The molecule has 0 aromatic carbocycles. The summed E-state index contributed by atoms with van der Waals surface area (Å²) in [5, 5.41) is 3.11. The Balaban J connectivity index is 2.24. The second-order valence-corrected chi connectivity index (χ2v) is 7.41. The molecular weight excluding hydrogens is 250 g/mol. The standard InChI is InChI=1S/C12H25N3O2S/c1-3-10(2)15-12(13)14-7-4-11-5-8-18(16,17)9-6-11/h10-11H,3-9H2,1-2H3,(H3,13,14,15). The third-order valence-corrected chi connectivity index (χ3v) is 5.22. The van der Waals surface area contributed by atoms with Gasteiger partial charge in [-0.15, -0.1) is 0 Å². The fourth-order valence-corrected chi connectivity index (χ4v) is 3.58. The second-order valence-electron chi connectivity index (χ2n) is 5.10. The summed E-state index contributed by atoms with van der Waals surface area (Å²) < 4.78 is 22.5. The average molecular weight is 275 g/mol. The first-order valence-electron chi connectivity index (χ1n) is 6.70. The van der Waals surface area contributed by atoms with Crippen LogP contribution in [0.25, 0.3) is 0 Å². The van der Waals surface area contributed by atoms with Gasteiger partial charge in [0.05, 0.1) is 11.5 Å². The van der Waals surface area contributed by atoms with Gasteiger partial charge in [0.25, 0.3) is 0 Å². The average Bonchev–Trinajstić information content (AvgIpc) is 2.31. The maximum atomic E-state index is 11.3. The number of rotatable bonds is 5. The van der Waals surface area contributed by atoms with E-state index in [1.165, 1.54) is 0 Å². The van der Waals surface area contributed by atoms with Crippen LogP contribution in [-0.4, -0.2) is 38.5 Å². The molecular formula is C12H25N3O2S. The summed E-state index contributed by atoms with van der Waals surface area (Å²) in [5.41, 5.74) is 5.75. The van der Waals surface area contributed by atoms with Crippen LogP contribution in [0.15, 0.2) is 4.99 Å². The number of hydrogen-bond donors (Lipinski definition) is 2. The lowest BCUT2D eigenvalue weighted by atomic mass is 9.99. The van der Waals surface area contributed by atoms with Crippen molar-refractivity contribution in [2.24, 2.45) is 16.6 Å². The molecule has 0 amide bonds. The van der Waals surface area contributed by atoms with E-state index in [0.717, 1.165) is 25.7 Å². The van der Waals surface area contributed by atoms with Gasteiger partial charge >= 0.3 is 0 Å². The Labute approximate surface area is 110 Å². The summed E-state index contributed by atoms with van der Waals surface area (Å²) in [4.78, 5) is 4.28. The van der Waals surface area contributed by atoms with Gasteiger partial charge in [-0.25, -0.2) is 8.42 Å². The number of nitrogens with two attached hydrogens (primary N) is 1. The van der Waals surface area contributed by atoms with Crippen LogP contribution >= 0.6 is 0 Å². The Morgan fingerprint density at radius 3 is 2.61 bits per heavy atom. The molecule has 1 saturated heterocycles. The quantitative estimate of drug-likeness (QED) is 0.577. The van der Waals surface area contributed by atoms with E-state index in [0.29, 0.717) is 36.0 Å². The third-order valence-electron chi connectivity index (χ3n) is 3.50. The highest BCUT2D eigenvalue weighted by Crippen LogP contribution is 2.21. The number of nitrogens with zero attached hydrogens (tertiary/aromatic N) is 1. The molecule has 1 fully saturated rings. The number of hydrogen-bond acceptors (Lipinski definition) is 3. The van der Waals surface area contributed by atoms with Gasteiger partial charge in [-0.2, -0.15) is 0 Å². The van der Waals surface area contributed by atoms with Crippen molar-refractivity contribution in [2.45, 2.75) is 45.6 Å². The van der Waals surface area contributed by atoms with E-state index < -0.39 is 9.84 Å². The molecule has 5 nitrogen and oxygen atoms in total. The van der Waals surface area contributed by atoms with Crippen LogP contribution in [0.1, 0.15) is 39.5 Å². The van der Waals surface area contributed by atoms with E-state index in [1.807, 2.05) is 0 Å². The number of nitrogens with one attached hydrogen (secondary N) is 1. The minimum atomic E-state index is -2.75. The molecule has 0 saturated carbocycles. The van der Waals surface area contributed by atoms with Crippen molar-refractivity contribution < 1.29 is 8.42 Å². The van der Waals surface area contributed by atoms with E-state index >= 15 is 0 Å². The molecule has 1 aliphatic rings. The minimum absolute atomic E-state index is 0.335. The Bertz CT molecular complexity index is 365. The molecule has 0 bridgehead atoms. The first-order valence-corrected chi connectivity index (χ1v) is 8.52. The van der Waals surface area contributed by atoms with Crippen LogP contribution < -0.4 is 11.1 Å². The topological polar surface area (TPSA) is 84.5 Å². The maximum absolute atomic E-state index is 11.3. The number of sulfone groups is 1. The molecule has 106 valence electrons. The highest BCUT2D eigenvalue weighted by atomic mass is 32.2. The van der Waals surface area contributed by atoms with E-state index in [4.69, 9.17) is 5.73 Å². The zero-order valence-corrected chi connectivity index (χ0v) is 12.2. The SMILES string of the molecule is CCC(C)NC(N)=NCCC1CCS(=O)(=O)CC1. The zero-order valence-electron chi connectivity index (χ0n) is 11.4. The Morgan fingerprint density at radius 2 is 2.06 bits per heavy atom. The molecule has 1 atom stereocenters. The molecule has 1 aliphatic heterocycles. The Kier molecular flexibility index (Phi) is 5.91. The number of aliphatic imine (C=N–C) groups is 1. The molecule has 0 aliphatic carbocycles. The molecule has 1 heterocycles. The molecule has 3 N–H and O–H groups in total. The smallest absolute Gasteiger partial charge is 0.188 e. The van der Waals surface area contributed by atoms with Crippen LogP contribution in [0.5, 0.6) is 0 Å². The summed E-state index contributed by atoms with van der Waals surface area (Å²) in [6.45, 7) is 4.84. The Morgan fingerprint density at radius 1 is 1.44 bits per heavy atom. The van der Waals surface area contributed by atoms with E-state index in [9.17, 15) is 8.42 Å². The summed E-state index contributed by atoms with van der Waals surface area (Å²) in [7, 11) is -2.75. The molecule has 1 rings (SSSR count). The highest BCUT2D eigenvalue weighted by molar-refractivity contribution is 7.91. The number of guanidine groups is 1. The van der Waals surface area contributed by atoms with Crippen LogP contribution in [0.4, 0.5) is 0 Å². The van der Waals surface area contributed by atoms with Gasteiger partial charge in [-0.05, 0) is 38.5 Å². The van der Waals surface area contributed by atoms with Gasteiger partial charge in [0.15, 0.2) is 5.96 Å². The van der Waals surface area contributed by atoms with E-state index in [1.54, 1.807) is 0 Å². The summed E-state index contributed by atoms with van der Waals surface area (Å²) in [6.07, 6.45) is 3.49. The van der Waals surface area contributed by atoms with E-state index in [-0.39, 0.29) is 0 Å². The van der Waals surface area contributed by atoms with Gasteiger partial charge in [0, 0.05) is 12.6 Å². The predicted molar refractivity (Wildman–Crippen MR) is 75.4 cm³/mol. The fourth-order valence-electron chi connectivity index (χ4n) is 2.00. The van der Waals surface area contributed by atoms with Crippen molar-refractivity contribution in [3.05, 3.63) is 0 Å². The van der Waals surface area contributed by atoms with Gasteiger partial charge in [-0.1, -0.05) is 6.92 Å². The van der Waals surface area contributed by atoms with Crippen molar-refractivity contribution in [3.8, 4) is 0 Å². The predicted octanol–water partition coefficient (Wildman–Crippen LogP) is 0.904. The molecule has 6 heteroatoms. The first kappa shape index (κ1) is 15.3. The summed E-state index contributed by atoms with van der Waals surface area (Å²) in [6, 6.07) is 0.341. The minimum Gasteiger partial charge on any atom is -0.370 e. The molecule has 18 heavy (non-hydrogen) atoms. The summed E-state index contributed by atoms with van der Waals surface area (Å²) in [5.74, 6) is 1.64. The van der Waals surface area contributed by atoms with Gasteiger partial charge < -0.3 is 11.1 Å². The Hall–Kier alpha value is -0.780. The lowest BCUT2D eigenvalue weighted by Crippen LogP contribution is -2.38. The van der Waals surface area contributed by atoms with E-state index in [2.05, 4.69) is 24.2 Å². The lowest BCUT2D eigenvalue weighted by Gasteiger charge is -2.21. The van der Waals surface area contributed by atoms with Crippen molar-refractivity contribution in [3.63, 3.8) is 0 Å². The normalized spacial score (nSPS) is 22.7. The molecule has 1 unspecified atom stereocenters. The maximum Gasteiger partial charge on any atom is 0.188 e. The third kappa shape index (κ3) is 5.71. The molecule has 0 spiro atoms. The van der Waals surface area contributed by atoms with Crippen molar-refractivity contribution in [1.29, 1.82) is 0 Å². The van der Waals surface area contributed by atoms with Crippen LogP contribution in [0.2, 0.25) is 0 Å². The molecule has 0 aromatic rings. The highest BCUT2D eigenvalue weighted by Gasteiger charge is 2.22. The van der Waals surface area contributed by atoms with Gasteiger partial charge in [0.1, 0.15) is 9.84 Å². The molecule has 0 aromatic heterocycles. The van der Waals surface area contributed by atoms with Crippen LogP contribution in [0, 0.1) is 5.92 Å². The lowest BCUT2D eigenvalue weighted by molar-refractivity contribution is 0.441. The second kappa shape index (κ2) is 6.97. The molecule has 0 radical (unpaired) electrons. The van der Waals surface area contributed by atoms with Crippen molar-refractivity contribution >= 4 is 15.8 Å². The fraction of sp³-hybridized carbons (Fsp3) is 0.917. The van der Waals surface area contributed by atoms with Crippen LogP contribution in [-0.2, 0) is 9.84 Å². The zero-order chi connectivity index (χ0) is 13.6. The largest absolute Gasteiger partial charge is 0.370 e.